The summed E-state index contributed by atoms with van der Waals surface area (Å²) in [6.45, 7) is 2.02. The standard InChI is InChI=1S/C18H27NO2/c1-20-12-11-18(9-10-18)13-19-17(14-3-4-14)15-5-7-16(21-2)8-6-15/h5-8,14,17,19H,3-4,9-13H2,1-2H3. The van der Waals surface area contributed by atoms with Gasteiger partial charge in [-0.05, 0) is 61.1 Å². The van der Waals surface area contributed by atoms with Crippen molar-refractivity contribution in [1.29, 1.82) is 0 Å². The van der Waals surface area contributed by atoms with Gasteiger partial charge in [0.2, 0.25) is 0 Å². The van der Waals surface area contributed by atoms with Gasteiger partial charge in [0.25, 0.3) is 0 Å². The van der Waals surface area contributed by atoms with Crippen LogP contribution in [0.15, 0.2) is 24.3 Å². The van der Waals surface area contributed by atoms with Gasteiger partial charge in [-0.15, -0.1) is 0 Å². The molecule has 1 atom stereocenters. The molecule has 2 saturated carbocycles. The molecule has 1 unspecified atom stereocenters. The Morgan fingerprint density at radius 3 is 2.43 bits per heavy atom. The molecule has 1 aromatic rings. The predicted molar refractivity (Wildman–Crippen MR) is 84.6 cm³/mol. The van der Waals surface area contributed by atoms with E-state index in [0.717, 1.165) is 24.8 Å². The van der Waals surface area contributed by atoms with Crippen LogP contribution in [0.2, 0.25) is 0 Å². The molecule has 0 heterocycles. The van der Waals surface area contributed by atoms with Crippen LogP contribution in [0, 0.1) is 11.3 Å². The van der Waals surface area contributed by atoms with Crippen LogP contribution < -0.4 is 10.1 Å². The number of ether oxygens (including phenoxy) is 2. The van der Waals surface area contributed by atoms with Crippen LogP contribution in [0.4, 0.5) is 0 Å². The second kappa shape index (κ2) is 6.37. The van der Waals surface area contributed by atoms with Crippen molar-refractivity contribution in [3.8, 4) is 5.75 Å². The maximum absolute atomic E-state index is 5.26. The summed E-state index contributed by atoms with van der Waals surface area (Å²) in [6, 6.07) is 9.08. The highest BCUT2D eigenvalue weighted by molar-refractivity contribution is 5.30. The van der Waals surface area contributed by atoms with E-state index < -0.39 is 0 Å². The molecule has 2 aliphatic rings. The molecule has 0 amide bonds. The summed E-state index contributed by atoms with van der Waals surface area (Å²) in [5.41, 5.74) is 1.91. The fraction of sp³-hybridized carbons (Fsp3) is 0.667. The largest absolute Gasteiger partial charge is 0.497 e. The first-order valence-electron chi connectivity index (χ1n) is 8.13. The molecule has 1 N–H and O–H groups in total. The lowest BCUT2D eigenvalue weighted by molar-refractivity contribution is 0.169. The lowest BCUT2D eigenvalue weighted by Gasteiger charge is -2.23. The Labute approximate surface area is 128 Å². The van der Waals surface area contributed by atoms with Gasteiger partial charge in [-0.25, -0.2) is 0 Å². The highest BCUT2D eigenvalue weighted by Crippen LogP contribution is 2.49. The lowest BCUT2D eigenvalue weighted by Crippen LogP contribution is -2.30. The van der Waals surface area contributed by atoms with E-state index >= 15 is 0 Å². The normalized spacial score (nSPS) is 21.0. The van der Waals surface area contributed by atoms with Gasteiger partial charge in [0.15, 0.2) is 0 Å². The van der Waals surface area contributed by atoms with E-state index in [1.54, 1.807) is 14.2 Å². The van der Waals surface area contributed by atoms with Crippen molar-refractivity contribution in [2.24, 2.45) is 11.3 Å². The smallest absolute Gasteiger partial charge is 0.118 e. The summed E-state index contributed by atoms with van der Waals surface area (Å²) in [7, 11) is 3.52. The second-order valence-corrected chi connectivity index (χ2v) is 6.71. The molecule has 21 heavy (non-hydrogen) atoms. The number of methoxy groups -OCH3 is 2. The molecule has 0 aromatic heterocycles. The van der Waals surface area contributed by atoms with Crippen molar-refractivity contribution in [1.82, 2.24) is 5.32 Å². The molecule has 3 rings (SSSR count). The highest BCUT2D eigenvalue weighted by Gasteiger charge is 2.43. The molecule has 0 aliphatic heterocycles. The number of rotatable bonds is 9. The van der Waals surface area contributed by atoms with Gasteiger partial charge < -0.3 is 14.8 Å². The number of hydrogen-bond donors (Lipinski definition) is 1. The average Bonchev–Trinajstić information content (AvgIpc) is 3.42. The Balaban J connectivity index is 1.59. The zero-order chi connectivity index (χ0) is 14.7. The third-order valence-corrected chi connectivity index (χ3v) is 5.06. The van der Waals surface area contributed by atoms with Crippen molar-refractivity contribution < 1.29 is 9.47 Å². The van der Waals surface area contributed by atoms with Gasteiger partial charge in [0.1, 0.15) is 5.75 Å². The van der Waals surface area contributed by atoms with Crippen molar-refractivity contribution in [2.45, 2.75) is 38.1 Å². The quantitative estimate of drug-likeness (QED) is 0.754. The number of benzene rings is 1. The molecule has 116 valence electrons. The maximum atomic E-state index is 5.26. The molecule has 0 bridgehead atoms. The minimum absolute atomic E-state index is 0.510. The van der Waals surface area contributed by atoms with Crippen LogP contribution in [0.25, 0.3) is 0 Å². The molecule has 3 nitrogen and oxygen atoms in total. The first-order chi connectivity index (χ1) is 10.3. The molecule has 2 fully saturated rings. The van der Waals surface area contributed by atoms with Gasteiger partial charge in [0.05, 0.1) is 7.11 Å². The first kappa shape index (κ1) is 14.9. The summed E-state index contributed by atoms with van der Waals surface area (Å²) in [4.78, 5) is 0. The van der Waals surface area contributed by atoms with E-state index in [9.17, 15) is 0 Å². The topological polar surface area (TPSA) is 30.5 Å². The Morgan fingerprint density at radius 1 is 1.19 bits per heavy atom. The van der Waals surface area contributed by atoms with E-state index in [4.69, 9.17) is 9.47 Å². The average molecular weight is 289 g/mol. The van der Waals surface area contributed by atoms with E-state index in [0.29, 0.717) is 11.5 Å². The van der Waals surface area contributed by atoms with E-state index in [1.165, 1.54) is 37.7 Å². The number of hydrogen-bond acceptors (Lipinski definition) is 3. The van der Waals surface area contributed by atoms with Gasteiger partial charge in [-0.1, -0.05) is 12.1 Å². The molecule has 3 heteroatoms. The van der Waals surface area contributed by atoms with Crippen LogP contribution in [-0.2, 0) is 4.74 Å². The van der Waals surface area contributed by atoms with E-state index in [2.05, 4.69) is 29.6 Å². The van der Waals surface area contributed by atoms with Gasteiger partial charge in [-0.2, -0.15) is 0 Å². The lowest BCUT2D eigenvalue weighted by atomic mass is 9.98. The fourth-order valence-electron chi connectivity index (χ4n) is 3.13. The molecule has 0 saturated heterocycles. The van der Waals surface area contributed by atoms with Crippen molar-refractivity contribution >= 4 is 0 Å². The summed E-state index contributed by atoms with van der Waals surface area (Å²) in [5, 5.41) is 3.85. The van der Waals surface area contributed by atoms with Gasteiger partial charge >= 0.3 is 0 Å². The third-order valence-electron chi connectivity index (χ3n) is 5.06. The summed E-state index contributed by atoms with van der Waals surface area (Å²) >= 11 is 0. The van der Waals surface area contributed by atoms with Crippen LogP contribution in [0.1, 0.15) is 43.7 Å². The van der Waals surface area contributed by atoms with E-state index in [-0.39, 0.29) is 0 Å². The van der Waals surface area contributed by atoms with Crippen LogP contribution in [0.3, 0.4) is 0 Å². The van der Waals surface area contributed by atoms with Crippen LogP contribution >= 0.6 is 0 Å². The fourth-order valence-corrected chi connectivity index (χ4v) is 3.13. The third kappa shape index (κ3) is 3.78. The summed E-state index contributed by atoms with van der Waals surface area (Å²) in [6.07, 6.45) is 6.60. The zero-order valence-corrected chi connectivity index (χ0v) is 13.2. The van der Waals surface area contributed by atoms with Crippen LogP contribution in [0.5, 0.6) is 5.75 Å². The van der Waals surface area contributed by atoms with Gasteiger partial charge in [-0.3, -0.25) is 0 Å². The maximum Gasteiger partial charge on any atom is 0.118 e. The highest BCUT2D eigenvalue weighted by atomic mass is 16.5. The van der Waals surface area contributed by atoms with E-state index in [1.807, 2.05) is 0 Å². The minimum atomic E-state index is 0.510. The Morgan fingerprint density at radius 2 is 1.90 bits per heavy atom. The van der Waals surface area contributed by atoms with Crippen molar-refractivity contribution in [3.63, 3.8) is 0 Å². The van der Waals surface area contributed by atoms with Crippen molar-refractivity contribution in [2.75, 3.05) is 27.4 Å². The number of nitrogens with one attached hydrogen (secondary N) is 1. The minimum Gasteiger partial charge on any atom is -0.497 e. The Kier molecular flexibility index (Phi) is 4.51. The Hall–Kier alpha value is -1.06. The summed E-state index contributed by atoms with van der Waals surface area (Å²) < 4.78 is 10.5. The molecule has 1 aromatic carbocycles. The molecule has 0 spiro atoms. The summed E-state index contributed by atoms with van der Waals surface area (Å²) in [5.74, 6) is 1.75. The Bertz CT molecular complexity index is 449. The monoisotopic (exact) mass is 289 g/mol. The second-order valence-electron chi connectivity index (χ2n) is 6.71. The van der Waals surface area contributed by atoms with Crippen molar-refractivity contribution in [3.05, 3.63) is 29.8 Å². The predicted octanol–water partition coefficient (Wildman–Crippen LogP) is 3.55. The SMILES string of the molecule is COCCC1(CNC(c2ccc(OC)cc2)C2CC2)CC1. The molecular formula is C18H27NO2. The molecular weight excluding hydrogens is 262 g/mol. The first-order valence-corrected chi connectivity index (χ1v) is 8.13. The van der Waals surface area contributed by atoms with Crippen LogP contribution in [-0.4, -0.2) is 27.4 Å². The zero-order valence-electron chi connectivity index (χ0n) is 13.2. The van der Waals surface area contributed by atoms with Gasteiger partial charge in [0, 0.05) is 26.3 Å². The molecule has 2 aliphatic carbocycles. The molecule has 0 radical (unpaired) electrons.